The van der Waals surface area contributed by atoms with Crippen LogP contribution < -0.4 is 0 Å². The molecular formula is C17H26O4. The molecule has 1 fully saturated rings. The van der Waals surface area contributed by atoms with Crippen LogP contribution in [0.3, 0.4) is 0 Å². The van der Waals surface area contributed by atoms with Crippen LogP contribution in [0.2, 0.25) is 0 Å². The van der Waals surface area contributed by atoms with E-state index >= 15 is 0 Å². The zero-order valence-electron chi connectivity index (χ0n) is 14.3. The van der Waals surface area contributed by atoms with Crippen LogP contribution in [0.15, 0.2) is 11.1 Å². The minimum Gasteiger partial charge on any atom is -0.469 e. The summed E-state index contributed by atoms with van der Waals surface area (Å²) in [6.45, 7) is 12.6. The van der Waals surface area contributed by atoms with E-state index in [9.17, 15) is 9.59 Å². The first-order valence-corrected chi connectivity index (χ1v) is 7.37. The zero-order valence-corrected chi connectivity index (χ0v) is 14.3. The van der Waals surface area contributed by atoms with E-state index in [0.717, 1.165) is 0 Å². The molecule has 2 aliphatic carbocycles. The van der Waals surface area contributed by atoms with Crippen LogP contribution in [0.4, 0.5) is 0 Å². The lowest BCUT2D eigenvalue weighted by Gasteiger charge is -2.42. The molecule has 0 N–H and O–H groups in total. The molecule has 0 aliphatic heterocycles. The van der Waals surface area contributed by atoms with Gasteiger partial charge in [0.1, 0.15) is 0 Å². The first-order valence-electron chi connectivity index (χ1n) is 7.37. The third-order valence-electron chi connectivity index (χ3n) is 7.20. The van der Waals surface area contributed by atoms with Gasteiger partial charge in [0, 0.05) is 10.8 Å². The van der Waals surface area contributed by atoms with Gasteiger partial charge in [-0.1, -0.05) is 38.8 Å². The lowest BCUT2D eigenvalue weighted by molar-refractivity contribution is -0.161. The fraction of sp³-hybridized carbons (Fsp3) is 0.765. The number of fused-ring (bicyclic) bond motifs is 2. The van der Waals surface area contributed by atoms with Crippen LogP contribution in [0, 0.1) is 28.1 Å². The number of rotatable bonds is 2. The number of ether oxygens (including phenoxy) is 2. The van der Waals surface area contributed by atoms with Crippen molar-refractivity contribution < 1.29 is 19.1 Å². The topological polar surface area (TPSA) is 52.6 Å². The number of methoxy groups -OCH3 is 2. The first kappa shape index (κ1) is 16.1. The van der Waals surface area contributed by atoms with E-state index < -0.39 is 22.7 Å². The van der Waals surface area contributed by atoms with Gasteiger partial charge in [0.2, 0.25) is 0 Å². The van der Waals surface area contributed by atoms with E-state index in [2.05, 4.69) is 41.5 Å². The third-order valence-corrected chi connectivity index (χ3v) is 7.20. The molecule has 2 bridgehead atoms. The molecule has 2 aliphatic rings. The highest BCUT2D eigenvalue weighted by atomic mass is 16.5. The Labute approximate surface area is 126 Å². The number of hydrogen-bond acceptors (Lipinski definition) is 4. The van der Waals surface area contributed by atoms with Gasteiger partial charge in [-0.15, -0.1) is 0 Å². The number of carbonyl (C=O) groups is 2. The molecule has 2 rings (SSSR count). The summed E-state index contributed by atoms with van der Waals surface area (Å²) in [4.78, 5) is 24.9. The maximum Gasteiger partial charge on any atom is 0.310 e. The SMILES string of the molecule is COC(=O)[C@@H]1[C@H](C(=O)OC)[C@@]2(C)C(C)=C(C)[C@@]1(C)C2(C)C. The summed E-state index contributed by atoms with van der Waals surface area (Å²) in [5.41, 5.74) is 1.36. The average molecular weight is 294 g/mol. The molecule has 0 aromatic carbocycles. The molecule has 0 aromatic heterocycles. The van der Waals surface area contributed by atoms with E-state index in [0.29, 0.717) is 0 Å². The van der Waals surface area contributed by atoms with Gasteiger partial charge >= 0.3 is 11.9 Å². The van der Waals surface area contributed by atoms with Crippen LogP contribution in [0.1, 0.15) is 41.5 Å². The summed E-state index contributed by atoms with van der Waals surface area (Å²) in [5.74, 6) is -1.65. The van der Waals surface area contributed by atoms with Gasteiger partial charge in [-0.2, -0.15) is 0 Å². The average Bonchev–Trinajstić information content (AvgIpc) is 2.65. The molecule has 21 heavy (non-hydrogen) atoms. The van der Waals surface area contributed by atoms with Gasteiger partial charge in [-0.25, -0.2) is 0 Å². The molecule has 4 nitrogen and oxygen atoms in total. The van der Waals surface area contributed by atoms with Crippen molar-refractivity contribution in [2.75, 3.05) is 14.2 Å². The molecule has 0 aromatic rings. The van der Waals surface area contributed by atoms with Crippen LogP contribution in [0.25, 0.3) is 0 Å². The Kier molecular flexibility index (Phi) is 3.32. The summed E-state index contributed by atoms with van der Waals surface area (Å²) >= 11 is 0. The summed E-state index contributed by atoms with van der Waals surface area (Å²) < 4.78 is 10.1. The highest BCUT2D eigenvalue weighted by Crippen LogP contribution is 2.78. The predicted octanol–water partition coefficient (Wildman–Crippen LogP) is 2.97. The van der Waals surface area contributed by atoms with Crippen molar-refractivity contribution in [3.63, 3.8) is 0 Å². The van der Waals surface area contributed by atoms with Gasteiger partial charge < -0.3 is 9.47 Å². The number of esters is 2. The van der Waals surface area contributed by atoms with Crippen LogP contribution >= 0.6 is 0 Å². The molecule has 4 heteroatoms. The molecule has 0 heterocycles. The standard InChI is InChI=1S/C17H26O4/c1-9-10(2)17(6)12(14(19)21-8)11(13(18)20-7)16(9,5)15(17,3)4/h11-12H,1-8H3/t11-,12+,16-,17-/m1/s1. The Morgan fingerprint density at radius 3 is 1.33 bits per heavy atom. The lowest BCUT2D eigenvalue weighted by Crippen LogP contribution is -2.43. The van der Waals surface area contributed by atoms with E-state index in [-0.39, 0.29) is 17.4 Å². The minimum absolute atomic E-state index is 0.230. The second-order valence-electron chi connectivity index (χ2n) is 7.28. The minimum atomic E-state index is -0.501. The first-order chi connectivity index (χ1) is 9.53. The van der Waals surface area contributed by atoms with Gasteiger partial charge in [-0.3, -0.25) is 9.59 Å². The van der Waals surface area contributed by atoms with E-state index in [4.69, 9.17) is 9.47 Å². The van der Waals surface area contributed by atoms with Crippen LogP contribution in [-0.4, -0.2) is 26.2 Å². The van der Waals surface area contributed by atoms with Crippen molar-refractivity contribution in [2.24, 2.45) is 28.1 Å². The van der Waals surface area contributed by atoms with Gasteiger partial charge in [0.25, 0.3) is 0 Å². The van der Waals surface area contributed by atoms with E-state index in [1.54, 1.807) is 0 Å². The second-order valence-corrected chi connectivity index (χ2v) is 7.28. The molecule has 0 spiro atoms. The second kappa shape index (κ2) is 4.34. The van der Waals surface area contributed by atoms with E-state index in [1.165, 1.54) is 25.4 Å². The van der Waals surface area contributed by atoms with Gasteiger partial charge in [0.05, 0.1) is 26.1 Å². The fourth-order valence-corrected chi connectivity index (χ4v) is 5.16. The molecule has 0 unspecified atom stereocenters. The van der Waals surface area contributed by atoms with E-state index in [1.807, 2.05) is 0 Å². The van der Waals surface area contributed by atoms with Crippen LogP contribution in [-0.2, 0) is 19.1 Å². The molecule has 118 valence electrons. The maximum absolute atomic E-state index is 12.5. The normalized spacial score (nSPS) is 40.4. The smallest absolute Gasteiger partial charge is 0.310 e. The van der Waals surface area contributed by atoms with Gasteiger partial charge in [0.15, 0.2) is 0 Å². The van der Waals surface area contributed by atoms with Crippen molar-refractivity contribution in [3.8, 4) is 0 Å². The molecule has 0 amide bonds. The lowest BCUT2D eigenvalue weighted by atomic mass is 9.61. The largest absolute Gasteiger partial charge is 0.469 e. The zero-order chi connectivity index (χ0) is 16.4. The number of allylic oxidation sites excluding steroid dienone is 2. The highest BCUT2D eigenvalue weighted by Gasteiger charge is 2.77. The summed E-state index contributed by atoms with van der Waals surface area (Å²) in [5, 5.41) is 0. The summed E-state index contributed by atoms with van der Waals surface area (Å²) in [6.07, 6.45) is 0. The quantitative estimate of drug-likeness (QED) is 0.580. The third kappa shape index (κ3) is 1.41. The summed E-state index contributed by atoms with van der Waals surface area (Å²) in [6, 6.07) is 0. The highest BCUT2D eigenvalue weighted by molar-refractivity contribution is 5.87. The Bertz CT molecular complexity index is 499. The van der Waals surface area contributed by atoms with Crippen LogP contribution in [0.5, 0.6) is 0 Å². The van der Waals surface area contributed by atoms with Crippen molar-refractivity contribution in [2.45, 2.75) is 41.5 Å². The number of carbonyl (C=O) groups excluding carboxylic acids is 2. The fourth-order valence-electron chi connectivity index (χ4n) is 5.16. The molecule has 4 atom stereocenters. The maximum atomic E-state index is 12.5. The summed E-state index contributed by atoms with van der Waals surface area (Å²) in [7, 11) is 2.76. The van der Waals surface area contributed by atoms with Crippen molar-refractivity contribution >= 4 is 11.9 Å². The molecule has 1 saturated carbocycles. The molecule has 0 saturated heterocycles. The molecular weight excluding hydrogens is 268 g/mol. The monoisotopic (exact) mass is 294 g/mol. The Hall–Kier alpha value is -1.32. The number of hydrogen-bond donors (Lipinski definition) is 0. The molecule has 0 radical (unpaired) electrons. The Morgan fingerprint density at radius 2 is 1.10 bits per heavy atom. The van der Waals surface area contributed by atoms with Crippen molar-refractivity contribution in [1.82, 2.24) is 0 Å². The Balaban J connectivity index is 2.79. The van der Waals surface area contributed by atoms with Gasteiger partial charge in [-0.05, 0) is 19.3 Å². The predicted molar refractivity (Wildman–Crippen MR) is 79.4 cm³/mol. The van der Waals surface area contributed by atoms with Crippen molar-refractivity contribution in [1.29, 1.82) is 0 Å². The Morgan fingerprint density at radius 1 is 0.810 bits per heavy atom. The van der Waals surface area contributed by atoms with Crippen molar-refractivity contribution in [3.05, 3.63) is 11.1 Å².